The molecule has 0 fully saturated rings. The fourth-order valence-electron chi connectivity index (χ4n) is 1.76. The molecule has 1 rings (SSSR count). The van der Waals surface area contributed by atoms with Gasteiger partial charge in [0, 0.05) is 12.3 Å². The first kappa shape index (κ1) is 12.8. The summed E-state index contributed by atoms with van der Waals surface area (Å²) in [5, 5.41) is 0. The molecule has 2 nitrogen and oxygen atoms in total. The van der Waals surface area contributed by atoms with Crippen LogP contribution in [0.2, 0.25) is 0 Å². The van der Waals surface area contributed by atoms with Gasteiger partial charge in [-0.1, -0.05) is 51.1 Å². The Labute approximate surface area is 97.6 Å². The van der Waals surface area contributed by atoms with Gasteiger partial charge in [0.25, 0.3) is 0 Å². The van der Waals surface area contributed by atoms with Crippen molar-refractivity contribution >= 4 is 5.97 Å². The van der Waals surface area contributed by atoms with Crippen LogP contribution >= 0.6 is 0 Å². The number of carbonyl (C=O) groups is 1. The average Bonchev–Trinajstić information content (AvgIpc) is 2.35. The van der Waals surface area contributed by atoms with Gasteiger partial charge in [0.05, 0.1) is 0 Å². The monoisotopic (exact) mass is 220 g/mol. The molecule has 0 aromatic heterocycles. The van der Waals surface area contributed by atoms with Gasteiger partial charge in [-0.05, 0) is 12.0 Å². The van der Waals surface area contributed by atoms with E-state index < -0.39 is 0 Å². The second kappa shape index (κ2) is 6.31. The van der Waals surface area contributed by atoms with Crippen molar-refractivity contribution in [2.75, 3.05) is 0 Å². The van der Waals surface area contributed by atoms with Crippen molar-refractivity contribution in [3.63, 3.8) is 0 Å². The Morgan fingerprint density at radius 2 is 1.88 bits per heavy atom. The van der Waals surface area contributed by atoms with Crippen molar-refractivity contribution in [3.05, 3.63) is 35.9 Å². The predicted octanol–water partition coefficient (Wildman–Crippen LogP) is 3.52. The first-order chi connectivity index (χ1) is 7.69. The van der Waals surface area contributed by atoms with E-state index in [0.29, 0.717) is 6.42 Å². The minimum atomic E-state index is -0.116. The van der Waals surface area contributed by atoms with Crippen molar-refractivity contribution in [3.8, 4) is 0 Å². The van der Waals surface area contributed by atoms with E-state index in [4.69, 9.17) is 4.74 Å². The minimum absolute atomic E-state index is 0.0187. The van der Waals surface area contributed by atoms with Crippen LogP contribution in [0.25, 0.3) is 0 Å². The Bertz CT molecular complexity index is 319. The number of ether oxygens (including phenoxy) is 1. The molecule has 0 amide bonds. The van der Waals surface area contributed by atoms with Crippen molar-refractivity contribution in [2.45, 2.75) is 45.6 Å². The maximum Gasteiger partial charge on any atom is 0.305 e. The van der Waals surface area contributed by atoms with E-state index in [2.05, 4.69) is 19.1 Å². The number of benzene rings is 1. The third-order valence-electron chi connectivity index (χ3n) is 2.86. The molecule has 0 aliphatic rings. The number of hydrogen-bond donors (Lipinski definition) is 0. The van der Waals surface area contributed by atoms with Crippen LogP contribution in [-0.2, 0) is 9.53 Å². The zero-order valence-corrected chi connectivity index (χ0v) is 10.3. The van der Waals surface area contributed by atoms with E-state index in [0.717, 1.165) is 6.42 Å². The molecule has 0 radical (unpaired) electrons. The van der Waals surface area contributed by atoms with Gasteiger partial charge < -0.3 is 4.74 Å². The quantitative estimate of drug-likeness (QED) is 0.710. The Morgan fingerprint density at radius 1 is 1.25 bits per heavy atom. The maximum absolute atomic E-state index is 11.3. The summed E-state index contributed by atoms with van der Waals surface area (Å²) >= 11 is 0. The molecule has 0 aliphatic heterocycles. The van der Waals surface area contributed by atoms with Gasteiger partial charge in [-0.3, -0.25) is 4.79 Å². The lowest BCUT2D eigenvalue weighted by molar-refractivity contribution is -0.149. The summed E-state index contributed by atoms with van der Waals surface area (Å²) in [7, 11) is 0. The first-order valence-electron chi connectivity index (χ1n) is 5.93. The molecule has 16 heavy (non-hydrogen) atoms. The second-order valence-electron chi connectivity index (χ2n) is 3.99. The van der Waals surface area contributed by atoms with E-state index in [1.54, 1.807) is 0 Å². The molecule has 2 atom stereocenters. The SMILES string of the molecule is CCC(=O)O[C@@H](CC)[C@@H](C)c1ccccc1. The topological polar surface area (TPSA) is 26.3 Å². The lowest BCUT2D eigenvalue weighted by atomic mass is 9.94. The zero-order valence-electron chi connectivity index (χ0n) is 10.3. The molecule has 88 valence electrons. The standard InChI is InChI=1S/C14H20O2/c1-4-13(16-14(15)5-2)11(3)12-9-7-6-8-10-12/h6-11,13H,4-5H2,1-3H3/t11-,13-/m0/s1. The van der Waals surface area contributed by atoms with Gasteiger partial charge >= 0.3 is 5.97 Å². The van der Waals surface area contributed by atoms with E-state index >= 15 is 0 Å². The van der Waals surface area contributed by atoms with E-state index in [-0.39, 0.29) is 18.0 Å². The number of hydrogen-bond acceptors (Lipinski definition) is 2. The molecular formula is C14H20O2. The maximum atomic E-state index is 11.3. The summed E-state index contributed by atoms with van der Waals surface area (Å²) in [6.07, 6.45) is 1.27. The predicted molar refractivity (Wildman–Crippen MR) is 65.3 cm³/mol. The van der Waals surface area contributed by atoms with Crippen LogP contribution in [0.4, 0.5) is 0 Å². The summed E-state index contributed by atoms with van der Waals surface area (Å²) in [4.78, 5) is 11.3. The molecule has 2 heteroatoms. The summed E-state index contributed by atoms with van der Waals surface area (Å²) in [6, 6.07) is 10.2. The summed E-state index contributed by atoms with van der Waals surface area (Å²) in [5.74, 6) is 0.135. The van der Waals surface area contributed by atoms with Gasteiger partial charge in [0.15, 0.2) is 0 Å². The Hall–Kier alpha value is -1.31. The molecule has 0 bridgehead atoms. The molecule has 0 saturated heterocycles. The second-order valence-corrected chi connectivity index (χ2v) is 3.99. The number of esters is 1. The molecule has 1 aromatic rings. The Morgan fingerprint density at radius 3 is 2.38 bits per heavy atom. The molecular weight excluding hydrogens is 200 g/mol. The first-order valence-corrected chi connectivity index (χ1v) is 5.93. The van der Waals surface area contributed by atoms with Crippen molar-refractivity contribution in [1.29, 1.82) is 0 Å². The summed E-state index contributed by atoms with van der Waals surface area (Å²) in [6.45, 7) is 5.97. The highest BCUT2D eigenvalue weighted by Crippen LogP contribution is 2.23. The molecule has 0 N–H and O–H groups in total. The highest BCUT2D eigenvalue weighted by atomic mass is 16.5. The molecule has 0 spiro atoms. The normalized spacial score (nSPS) is 14.2. The minimum Gasteiger partial charge on any atom is -0.462 e. The van der Waals surface area contributed by atoms with Gasteiger partial charge in [-0.15, -0.1) is 0 Å². The molecule has 0 saturated carbocycles. The Balaban J connectivity index is 2.70. The van der Waals surface area contributed by atoms with Crippen LogP contribution in [0, 0.1) is 0 Å². The summed E-state index contributed by atoms with van der Waals surface area (Å²) < 4.78 is 5.43. The molecule has 0 unspecified atom stereocenters. The van der Waals surface area contributed by atoms with Gasteiger partial charge in [0.1, 0.15) is 6.10 Å². The Kier molecular flexibility index (Phi) is 5.03. The lowest BCUT2D eigenvalue weighted by Gasteiger charge is -2.23. The van der Waals surface area contributed by atoms with Gasteiger partial charge in [-0.25, -0.2) is 0 Å². The third kappa shape index (κ3) is 3.37. The van der Waals surface area contributed by atoms with Crippen LogP contribution in [0.5, 0.6) is 0 Å². The van der Waals surface area contributed by atoms with Crippen LogP contribution in [0.15, 0.2) is 30.3 Å². The van der Waals surface area contributed by atoms with E-state index in [1.807, 2.05) is 32.0 Å². The fraction of sp³-hybridized carbons (Fsp3) is 0.500. The smallest absolute Gasteiger partial charge is 0.305 e. The molecule has 1 aromatic carbocycles. The summed E-state index contributed by atoms with van der Waals surface area (Å²) in [5.41, 5.74) is 1.22. The van der Waals surface area contributed by atoms with Crippen LogP contribution < -0.4 is 0 Å². The average molecular weight is 220 g/mol. The van der Waals surface area contributed by atoms with E-state index in [9.17, 15) is 4.79 Å². The largest absolute Gasteiger partial charge is 0.462 e. The van der Waals surface area contributed by atoms with Gasteiger partial charge in [0.2, 0.25) is 0 Å². The third-order valence-corrected chi connectivity index (χ3v) is 2.86. The number of carbonyl (C=O) groups excluding carboxylic acids is 1. The van der Waals surface area contributed by atoms with Crippen molar-refractivity contribution in [1.82, 2.24) is 0 Å². The fourth-order valence-corrected chi connectivity index (χ4v) is 1.76. The van der Waals surface area contributed by atoms with Crippen molar-refractivity contribution < 1.29 is 9.53 Å². The highest BCUT2D eigenvalue weighted by Gasteiger charge is 2.20. The van der Waals surface area contributed by atoms with Crippen LogP contribution in [-0.4, -0.2) is 12.1 Å². The molecule has 0 heterocycles. The highest BCUT2D eigenvalue weighted by molar-refractivity contribution is 5.69. The molecule has 0 aliphatic carbocycles. The van der Waals surface area contributed by atoms with Gasteiger partial charge in [-0.2, -0.15) is 0 Å². The van der Waals surface area contributed by atoms with E-state index in [1.165, 1.54) is 5.56 Å². The van der Waals surface area contributed by atoms with Crippen molar-refractivity contribution in [2.24, 2.45) is 0 Å². The zero-order chi connectivity index (χ0) is 12.0. The number of rotatable bonds is 5. The van der Waals surface area contributed by atoms with Crippen LogP contribution in [0.3, 0.4) is 0 Å². The lowest BCUT2D eigenvalue weighted by Crippen LogP contribution is -2.22. The van der Waals surface area contributed by atoms with Crippen LogP contribution in [0.1, 0.15) is 45.1 Å².